The Bertz CT molecular complexity index is 810. The van der Waals surface area contributed by atoms with Crippen LogP contribution < -0.4 is 0 Å². The van der Waals surface area contributed by atoms with E-state index in [4.69, 9.17) is 0 Å². The highest BCUT2D eigenvalue weighted by molar-refractivity contribution is 7.87. The van der Waals surface area contributed by atoms with Crippen LogP contribution >= 0.6 is 0 Å². The molecule has 23 heteroatoms. The van der Waals surface area contributed by atoms with Gasteiger partial charge in [0.1, 0.15) is 6.61 Å². The van der Waals surface area contributed by atoms with E-state index in [0.717, 1.165) is 0 Å². The van der Waals surface area contributed by atoms with Gasteiger partial charge >= 0.3 is 63.5 Å². The molecule has 0 spiro atoms. The molecule has 0 N–H and O–H groups in total. The van der Waals surface area contributed by atoms with Gasteiger partial charge in [-0.25, -0.2) is 8.78 Å². The van der Waals surface area contributed by atoms with E-state index in [1.807, 2.05) is 0 Å². The summed E-state index contributed by atoms with van der Waals surface area (Å²) in [5.74, 6) is -57.7. The molecule has 0 atom stereocenters. The highest BCUT2D eigenvalue weighted by Crippen LogP contribution is 2.62. The standard InChI is InChI=1S/C10H3F19O3S/c11-2(12)4(15,16)6(19,20)8(23,24)9(25,26)7(21,22)5(17,18)3(13,14)1-32-33(30,31)10(27,28)29/h2H,1H2. The summed E-state index contributed by atoms with van der Waals surface area (Å²) in [6.07, 6.45) is -6.04. The minimum absolute atomic E-state index is 2.18. The second-order valence-electron chi connectivity index (χ2n) is 5.66. The molecule has 3 nitrogen and oxygen atoms in total. The third kappa shape index (κ3) is 4.49. The first-order valence-electron chi connectivity index (χ1n) is 6.78. The van der Waals surface area contributed by atoms with Gasteiger partial charge in [0.15, 0.2) is 0 Å². The lowest BCUT2D eigenvalue weighted by molar-refractivity contribution is -0.447. The second kappa shape index (κ2) is 8.07. The summed E-state index contributed by atoms with van der Waals surface area (Å²) in [4.78, 5) is 0. The zero-order valence-corrected chi connectivity index (χ0v) is 14.9. The Kier molecular flexibility index (Phi) is 7.72. The summed E-state index contributed by atoms with van der Waals surface area (Å²) in [5.41, 5.74) is -6.72. The van der Waals surface area contributed by atoms with Crippen molar-refractivity contribution in [3.63, 3.8) is 0 Å². The molecule has 0 aromatic carbocycles. The molecule has 0 unspecified atom stereocenters. The van der Waals surface area contributed by atoms with Crippen LogP contribution in [0, 0.1) is 0 Å². The normalized spacial score (nSPS) is 16.5. The SMILES string of the molecule is O=S(=O)(OCC(F)(F)C(F)(F)C(F)(F)C(F)(F)C(F)(F)C(F)(F)C(F)(F)C(F)F)C(F)(F)F. The van der Waals surface area contributed by atoms with Crippen molar-refractivity contribution in [1.82, 2.24) is 0 Å². The van der Waals surface area contributed by atoms with Gasteiger partial charge in [0.05, 0.1) is 0 Å². The molecule has 0 saturated heterocycles. The molecule has 0 aliphatic heterocycles. The summed E-state index contributed by atoms with van der Waals surface area (Å²) >= 11 is 0. The van der Waals surface area contributed by atoms with E-state index >= 15 is 0 Å². The molecule has 0 aliphatic carbocycles. The molecular formula is C10H3F19O3S. The molecule has 0 aliphatic rings. The fourth-order valence-corrected chi connectivity index (χ4v) is 1.91. The third-order valence-electron chi connectivity index (χ3n) is 3.41. The van der Waals surface area contributed by atoms with Gasteiger partial charge in [0.2, 0.25) is 0 Å². The molecular weight excluding hydrogens is 561 g/mol. The molecule has 0 bridgehead atoms. The van der Waals surface area contributed by atoms with Crippen molar-refractivity contribution in [3.05, 3.63) is 0 Å². The Morgan fingerprint density at radius 3 is 1.15 bits per heavy atom. The van der Waals surface area contributed by atoms with Crippen LogP contribution in [0.15, 0.2) is 0 Å². The smallest absolute Gasteiger partial charge is 0.257 e. The number of alkyl halides is 19. The molecule has 0 fully saturated rings. The van der Waals surface area contributed by atoms with E-state index in [-0.39, 0.29) is 0 Å². The minimum Gasteiger partial charge on any atom is -0.257 e. The van der Waals surface area contributed by atoms with Crippen molar-refractivity contribution >= 4 is 10.1 Å². The summed E-state index contributed by atoms with van der Waals surface area (Å²) in [7, 11) is -7.35. The highest BCUT2D eigenvalue weighted by Gasteiger charge is 2.93. The average molecular weight is 564 g/mol. The first kappa shape index (κ1) is 31.6. The summed E-state index contributed by atoms with van der Waals surface area (Å²) < 4.78 is 265. The zero-order chi connectivity index (χ0) is 27.5. The maximum absolute atomic E-state index is 13.3. The van der Waals surface area contributed by atoms with E-state index in [1.165, 1.54) is 0 Å². The lowest BCUT2D eigenvalue weighted by Gasteiger charge is -2.42. The molecule has 0 rings (SSSR count). The molecule has 0 heterocycles. The predicted octanol–water partition coefficient (Wildman–Crippen LogP) is 5.56. The van der Waals surface area contributed by atoms with Crippen LogP contribution in [0.25, 0.3) is 0 Å². The molecule has 0 aromatic heterocycles. The van der Waals surface area contributed by atoms with Gasteiger partial charge in [-0.1, -0.05) is 0 Å². The van der Waals surface area contributed by atoms with Gasteiger partial charge in [0.25, 0.3) is 0 Å². The van der Waals surface area contributed by atoms with Gasteiger partial charge in [0, 0.05) is 0 Å². The quantitative estimate of drug-likeness (QED) is 0.198. The molecule has 0 saturated carbocycles. The van der Waals surface area contributed by atoms with Crippen LogP contribution in [-0.2, 0) is 14.3 Å². The van der Waals surface area contributed by atoms with E-state index in [9.17, 15) is 91.8 Å². The Morgan fingerprint density at radius 1 is 0.545 bits per heavy atom. The first-order valence-corrected chi connectivity index (χ1v) is 8.19. The monoisotopic (exact) mass is 564 g/mol. The number of rotatable bonds is 10. The van der Waals surface area contributed by atoms with Crippen LogP contribution in [0.1, 0.15) is 0 Å². The van der Waals surface area contributed by atoms with E-state index in [0.29, 0.717) is 0 Å². The van der Waals surface area contributed by atoms with E-state index in [1.54, 1.807) is 0 Å². The third-order valence-corrected chi connectivity index (χ3v) is 4.40. The van der Waals surface area contributed by atoms with Gasteiger partial charge in [-0.15, -0.1) is 0 Å². The Balaban J connectivity index is 6.52. The summed E-state index contributed by atoms with van der Waals surface area (Å²) in [6, 6.07) is 0. The van der Waals surface area contributed by atoms with Gasteiger partial charge in [-0.05, 0) is 0 Å². The Labute approximate surface area is 167 Å². The maximum atomic E-state index is 13.3. The maximum Gasteiger partial charge on any atom is 0.523 e. The number of hydrogen-bond donors (Lipinski definition) is 0. The van der Waals surface area contributed by atoms with Gasteiger partial charge in [-0.3, -0.25) is 4.18 Å². The summed E-state index contributed by atoms with van der Waals surface area (Å²) in [6.45, 7) is -4.15. The van der Waals surface area contributed by atoms with Gasteiger partial charge < -0.3 is 0 Å². The minimum atomic E-state index is -8.77. The predicted molar refractivity (Wildman–Crippen MR) is 61.6 cm³/mol. The average Bonchev–Trinajstić information content (AvgIpc) is 2.57. The topological polar surface area (TPSA) is 43.4 Å². The van der Waals surface area contributed by atoms with Gasteiger partial charge in [-0.2, -0.15) is 83.1 Å². The van der Waals surface area contributed by atoms with E-state index < -0.39 is 70.1 Å². The molecule has 200 valence electrons. The molecule has 0 radical (unpaired) electrons. The molecule has 0 amide bonds. The fourth-order valence-electron chi connectivity index (χ4n) is 1.48. The van der Waals surface area contributed by atoms with Crippen LogP contribution in [0.2, 0.25) is 0 Å². The van der Waals surface area contributed by atoms with E-state index in [2.05, 4.69) is 4.18 Å². The summed E-state index contributed by atoms with van der Waals surface area (Å²) in [5, 5.41) is 0. The fraction of sp³-hybridized carbons (Fsp3) is 1.00. The van der Waals surface area contributed by atoms with Crippen molar-refractivity contribution in [1.29, 1.82) is 0 Å². The van der Waals surface area contributed by atoms with Crippen molar-refractivity contribution in [2.24, 2.45) is 0 Å². The lowest BCUT2D eigenvalue weighted by atomic mass is 9.89. The highest BCUT2D eigenvalue weighted by atomic mass is 32.2. The van der Waals surface area contributed by atoms with Crippen molar-refractivity contribution in [3.8, 4) is 0 Å². The number of halogens is 19. The zero-order valence-electron chi connectivity index (χ0n) is 14.1. The van der Waals surface area contributed by atoms with Crippen LogP contribution in [-0.4, -0.2) is 68.4 Å². The first-order chi connectivity index (χ1) is 13.9. The second-order valence-corrected chi connectivity index (χ2v) is 7.27. The Hall–Kier alpha value is -1.42. The number of hydrogen-bond acceptors (Lipinski definition) is 3. The van der Waals surface area contributed by atoms with Crippen molar-refractivity contribution in [2.75, 3.05) is 6.61 Å². The molecule has 0 aromatic rings. The lowest BCUT2D eigenvalue weighted by Crippen LogP contribution is -2.74. The van der Waals surface area contributed by atoms with Crippen molar-refractivity contribution < 1.29 is 96.0 Å². The van der Waals surface area contributed by atoms with Crippen LogP contribution in [0.5, 0.6) is 0 Å². The van der Waals surface area contributed by atoms with Crippen LogP contribution in [0.4, 0.5) is 83.4 Å². The van der Waals surface area contributed by atoms with Crippen LogP contribution in [0.3, 0.4) is 0 Å². The van der Waals surface area contributed by atoms with Crippen molar-refractivity contribution in [2.45, 2.75) is 53.4 Å². The Morgan fingerprint density at radius 2 is 0.848 bits per heavy atom. The molecule has 33 heavy (non-hydrogen) atoms. The largest absolute Gasteiger partial charge is 0.523 e.